The van der Waals surface area contributed by atoms with Gasteiger partial charge in [-0.1, -0.05) is 35.1 Å². The number of piperidine rings is 1. The van der Waals surface area contributed by atoms with Crippen LogP contribution in [0, 0.1) is 10.9 Å². The van der Waals surface area contributed by atoms with Gasteiger partial charge in [-0.15, -0.1) is 5.11 Å². The van der Waals surface area contributed by atoms with E-state index in [0.717, 1.165) is 36.1 Å². The summed E-state index contributed by atoms with van der Waals surface area (Å²) in [6.45, 7) is 1.62. The third-order valence-corrected chi connectivity index (χ3v) is 5.44. The van der Waals surface area contributed by atoms with E-state index in [0.29, 0.717) is 10.8 Å². The van der Waals surface area contributed by atoms with Gasteiger partial charge in [0.15, 0.2) is 11.0 Å². The van der Waals surface area contributed by atoms with Gasteiger partial charge in [-0.25, -0.2) is 10.5 Å². The van der Waals surface area contributed by atoms with Crippen molar-refractivity contribution in [1.82, 2.24) is 4.98 Å². The van der Waals surface area contributed by atoms with E-state index in [4.69, 9.17) is 27.6 Å². The number of hydrogen-bond donors (Lipinski definition) is 4. The Morgan fingerprint density at radius 3 is 2.48 bits per heavy atom. The zero-order chi connectivity index (χ0) is 19.8. The normalized spacial score (nSPS) is 14.2. The van der Waals surface area contributed by atoms with Crippen LogP contribution < -0.4 is 10.6 Å². The SMILES string of the molecule is N=NC(=N)c1cnc(N2CCC(c3ccc(Cl)cc3)CC2)s1.NCC(=O)O. The lowest BCUT2D eigenvalue weighted by atomic mass is 9.90. The van der Waals surface area contributed by atoms with Crippen molar-refractivity contribution in [3.05, 3.63) is 45.9 Å². The van der Waals surface area contributed by atoms with E-state index >= 15 is 0 Å². The lowest BCUT2D eigenvalue weighted by Gasteiger charge is -2.32. The van der Waals surface area contributed by atoms with Crippen molar-refractivity contribution in [3.63, 3.8) is 0 Å². The standard InChI is InChI=1S/C15H16ClN5S.C2H5NO2/c16-12-3-1-10(2-4-12)11-5-7-21(8-6-11)15-19-9-13(22-15)14(17)20-18;3-1-2(4)5/h1-4,9,11,17-18H,5-8H2;1,3H2,(H,4,5). The molecule has 1 saturated heterocycles. The fraction of sp³-hybridized carbons (Fsp3) is 0.353. The Labute approximate surface area is 166 Å². The molecule has 1 aliphatic rings. The molecule has 3 rings (SSSR count). The zero-order valence-corrected chi connectivity index (χ0v) is 16.1. The summed E-state index contributed by atoms with van der Waals surface area (Å²) in [5.41, 5.74) is 12.8. The first-order chi connectivity index (χ1) is 12.9. The Kier molecular flexibility index (Phi) is 7.83. The summed E-state index contributed by atoms with van der Waals surface area (Å²) in [5, 5.41) is 20.0. The van der Waals surface area contributed by atoms with Crippen molar-refractivity contribution in [2.75, 3.05) is 24.5 Å². The second-order valence-corrected chi connectivity index (χ2v) is 7.32. The molecule has 27 heavy (non-hydrogen) atoms. The highest BCUT2D eigenvalue weighted by Gasteiger charge is 2.22. The number of carboxylic acids is 1. The first-order valence-corrected chi connectivity index (χ1v) is 9.48. The van der Waals surface area contributed by atoms with Crippen molar-refractivity contribution in [1.29, 1.82) is 10.9 Å². The van der Waals surface area contributed by atoms with E-state index in [-0.39, 0.29) is 12.4 Å². The van der Waals surface area contributed by atoms with Gasteiger partial charge in [0.2, 0.25) is 0 Å². The van der Waals surface area contributed by atoms with Crippen LogP contribution in [0.3, 0.4) is 0 Å². The maximum Gasteiger partial charge on any atom is 0.317 e. The first kappa shape index (κ1) is 20.9. The Bertz CT molecular complexity index is 787. The summed E-state index contributed by atoms with van der Waals surface area (Å²) >= 11 is 7.37. The number of thiazole rings is 1. The Hall–Kier alpha value is -2.36. The monoisotopic (exact) mass is 408 g/mol. The van der Waals surface area contributed by atoms with Crippen LogP contribution in [0.1, 0.15) is 29.2 Å². The number of carbonyl (C=O) groups is 1. The summed E-state index contributed by atoms with van der Waals surface area (Å²) in [5.74, 6) is -0.431. The number of nitrogens with one attached hydrogen (secondary N) is 2. The van der Waals surface area contributed by atoms with Crippen LogP contribution in [0.25, 0.3) is 0 Å². The molecule has 144 valence electrons. The maximum absolute atomic E-state index is 9.24. The van der Waals surface area contributed by atoms with Crippen molar-refractivity contribution in [2.24, 2.45) is 10.8 Å². The van der Waals surface area contributed by atoms with Crippen LogP contribution in [0.2, 0.25) is 5.02 Å². The molecule has 2 heterocycles. The van der Waals surface area contributed by atoms with Crippen molar-refractivity contribution < 1.29 is 9.90 Å². The number of anilines is 1. The topological polar surface area (TPSA) is 140 Å². The average molecular weight is 409 g/mol. The smallest absolute Gasteiger partial charge is 0.317 e. The van der Waals surface area contributed by atoms with E-state index in [1.165, 1.54) is 16.9 Å². The molecule has 0 saturated carbocycles. The Balaban J connectivity index is 0.000000465. The molecular formula is C17H21ClN6O2S. The van der Waals surface area contributed by atoms with Crippen molar-refractivity contribution >= 4 is 39.9 Å². The highest BCUT2D eigenvalue weighted by molar-refractivity contribution is 7.17. The van der Waals surface area contributed by atoms with Crippen LogP contribution in [0.5, 0.6) is 0 Å². The quantitative estimate of drug-likeness (QED) is 0.348. The number of aliphatic carboxylic acids is 1. The Morgan fingerprint density at radius 1 is 1.37 bits per heavy atom. The van der Waals surface area contributed by atoms with Gasteiger partial charge >= 0.3 is 5.97 Å². The van der Waals surface area contributed by atoms with Crippen LogP contribution in [0.15, 0.2) is 35.6 Å². The maximum atomic E-state index is 9.24. The molecule has 2 aromatic rings. The highest BCUT2D eigenvalue weighted by atomic mass is 35.5. The average Bonchev–Trinajstić information content (AvgIpc) is 3.19. The van der Waals surface area contributed by atoms with Gasteiger partial charge in [-0.2, -0.15) is 0 Å². The number of amidine groups is 1. The molecule has 8 nitrogen and oxygen atoms in total. The predicted octanol–water partition coefficient (Wildman–Crippen LogP) is 3.57. The summed E-state index contributed by atoms with van der Waals surface area (Å²) in [6.07, 6.45) is 3.79. The third-order valence-electron chi connectivity index (χ3n) is 4.12. The number of aromatic nitrogens is 1. The number of nitrogens with two attached hydrogens (primary N) is 1. The molecule has 1 aliphatic heterocycles. The van der Waals surface area contributed by atoms with Crippen LogP contribution in [-0.4, -0.2) is 41.5 Å². The molecule has 0 radical (unpaired) electrons. The number of rotatable bonds is 4. The number of halogens is 1. The van der Waals surface area contributed by atoms with Crippen LogP contribution in [0.4, 0.5) is 5.13 Å². The molecule has 0 amide bonds. The number of hydrogen-bond acceptors (Lipinski definition) is 7. The fourth-order valence-corrected chi connectivity index (χ4v) is 3.70. The highest BCUT2D eigenvalue weighted by Crippen LogP contribution is 2.32. The molecular weight excluding hydrogens is 388 g/mol. The second-order valence-electron chi connectivity index (χ2n) is 5.88. The minimum Gasteiger partial charge on any atom is -0.480 e. The molecule has 0 atom stereocenters. The second kappa shape index (κ2) is 10.1. The van der Waals surface area contributed by atoms with E-state index in [2.05, 4.69) is 32.9 Å². The lowest BCUT2D eigenvalue weighted by Crippen LogP contribution is -2.32. The largest absolute Gasteiger partial charge is 0.480 e. The van der Waals surface area contributed by atoms with Gasteiger partial charge in [0, 0.05) is 18.1 Å². The van der Waals surface area contributed by atoms with Gasteiger partial charge < -0.3 is 15.7 Å². The molecule has 5 N–H and O–H groups in total. The predicted molar refractivity (Wildman–Crippen MR) is 106 cm³/mol. The Morgan fingerprint density at radius 2 is 1.96 bits per heavy atom. The summed E-state index contributed by atoms with van der Waals surface area (Å²) < 4.78 is 0. The van der Waals surface area contributed by atoms with Crippen LogP contribution in [-0.2, 0) is 4.79 Å². The number of benzene rings is 1. The van der Waals surface area contributed by atoms with Gasteiger partial charge in [0.05, 0.1) is 17.6 Å². The molecule has 0 aliphatic carbocycles. The van der Waals surface area contributed by atoms with Gasteiger partial charge in [0.1, 0.15) is 0 Å². The zero-order valence-electron chi connectivity index (χ0n) is 14.6. The lowest BCUT2D eigenvalue weighted by molar-refractivity contribution is -0.135. The minimum atomic E-state index is -0.968. The molecule has 0 spiro atoms. The number of carboxylic acid groups (broad SMARTS) is 1. The van der Waals surface area contributed by atoms with Gasteiger partial charge in [-0.3, -0.25) is 10.2 Å². The van der Waals surface area contributed by atoms with E-state index in [1.54, 1.807) is 6.20 Å². The van der Waals surface area contributed by atoms with E-state index in [9.17, 15) is 4.79 Å². The van der Waals surface area contributed by atoms with E-state index < -0.39 is 5.97 Å². The van der Waals surface area contributed by atoms with Gasteiger partial charge in [-0.05, 0) is 36.5 Å². The molecule has 0 unspecified atom stereocenters. The molecule has 1 fully saturated rings. The van der Waals surface area contributed by atoms with Crippen molar-refractivity contribution in [2.45, 2.75) is 18.8 Å². The number of nitrogens with zero attached hydrogens (tertiary/aromatic N) is 3. The van der Waals surface area contributed by atoms with Gasteiger partial charge in [0.25, 0.3) is 0 Å². The van der Waals surface area contributed by atoms with Crippen molar-refractivity contribution in [3.8, 4) is 0 Å². The first-order valence-electron chi connectivity index (χ1n) is 8.29. The molecule has 1 aromatic carbocycles. The third kappa shape index (κ3) is 6.09. The minimum absolute atomic E-state index is 0.0280. The molecule has 10 heteroatoms. The molecule has 0 bridgehead atoms. The van der Waals surface area contributed by atoms with Crippen LogP contribution >= 0.6 is 22.9 Å². The summed E-state index contributed by atoms with van der Waals surface area (Å²) in [6, 6.07) is 8.13. The summed E-state index contributed by atoms with van der Waals surface area (Å²) in [4.78, 5) is 16.5. The summed E-state index contributed by atoms with van der Waals surface area (Å²) in [7, 11) is 0. The molecule has 1 aromatic heterocycles. The fourth-order valence-electron chi connectivity index (χ4n) is 2.71. The van der Waals surface area contributed by atoms with E-state index in [1.807, 2.05) is 12.1 Å².